The van der Waals surface area contributed by atoms with E-state index >= 15 is 0 Å². The average Bonchev–Trinajstić information content (AvgIpc) is 2.61. The molecule has 0 amide bonds. The minimum atomic E-state index is -1.06. The summed E-state index contributed by atoms with van der Waals surface area (Å²) in [5.74, 6) is -2.74. The molecular formula is C20H21NO4. The second-order valence-corrected chi connectivity index (χ2v) is 5.58. The van der Waals surface area contributed by atoms with Crippen molar-refractivity contribution in [2.45, 2.75) is 26.2 Å². The molecule has 0 saturated carbocycles. The molecular weight excluding hydrogens is 318 g/mol. The van der Waals surface area contributed by atoms with Gasteiger partial charge in [0.2, 0.25) is 0 Å². The average molecular weight is 339 g/mol. The van der Waals surface area contributed by atoms with Crippen molar-refractivity contribution < 1.29 is 19.1 Å². The number of esters is 2. The molecule has 0 fully saturated rings. The fourth-order valence-corrected chi connectivity index (χ4v) is 2.81. The Morgan fingerprint density at radius 1 is 1.04 bits per heavy atom. The van der Waals surface area contributed by atoms with Gasteiger partial charge in [0.05, 0.1) is 25.7 Å². The summed E-state index contributed by atoms with van der Waals surface area (Å²) in [4.78, 5) is 24.2. The fourth-order valence-electron chi connectivity index (χ4n) is 2.81. The topological polar surface area (TPSA) is 76.4 Å². The van der Waals surface area contributed by atoms with Crippen LogP contribution in [0.2, 0.25) is 0 Å². The lowest BCUT2D eigenvalue weighted by molar-refractivity contribution is -0.148. The third-order valence-corrected chi connectivity index (χ3v) is 3.98. The van der Waals surface area contributed by atoms with E-state index in [1.807, 2.05) is 48.5 Å². The standard InChI is InChI=1S/C20H21NO4/c1-3-24-19(22)12-17(18(13-21)20(23)25-4-2)16-10-9-14-7-5-6-8-15(14)11-16/h5-11,17-18H,3-4,12H2,1-2H3. The molecule has 0 aliphatic carbocycles. The van der Waals surface area contributed by atoms with E-state index in [0.29, 0.717) is 0 Å². The summed E-state index contributed by atoms with van der Waals surface area (Å²) in [6.45, 7) is 3.83. The van der Waals surface area contributed by atoms with Crippen LogP contribution in [0.25, 0.3) is 10.8 Å². The van der Waals surface area contributed by atoms with Crippen molar-refractivity contribution in [2.75, 3.05) is 13.2 Å². The van der Waals surface area contributed by atoms with Crippen molar-refractivity contribution in [3.63, 3.8) is 0 Å². The van der Waals surface area contributed by atoms with Gasteiger partial charge >= 0.3 is 11.9 Å². The Morgan fingerprint density at radius 3 is 2.36 bits per heavy atom. The molecule has 25 heavy (non-hydrogen) atoms. The van der Waals surface area contributed by atoms with Gasteiger partial charge in [-0.1, -0.05) is 42.5 Å². The molecule has 130 valence electrons. The van der Waals surface area contributed by atoms with Gasteiger partial charge in [0.1, 0.15) is 0 Å². The first-order valence-corrected chi connectivity index (χ1v) is 8.31. The first-order chi connectivity index (χ1) is 12.1. The maximum absolute atomic E-state index is 12.2. The van der Waals surface area contributed by atoms with Crippen LogP contribution < -0.4 is 0 Å². The van der Waals surface area contributed by atoms with Crippen LogP contribution in [0.3, 0.4) is 0 Å². The molecule has 0 heterocycles. The number of fused-ring (bicyclic) bond motifs is 1. The van der Waals surface area contributed by atoms with Crippen molar-refractivity contribution in [1.29, 1.82) is 5.26 Å². The van der Waals surface area contributed by atoms with Crippen LogP contribution in [-0.4, -0.2) is 25.2 Å². The summed E-state index contributed by atoms with van der Waals surface area (Å²) in [6.07, 6.45) is -0.0524. The molecule has 5 nitrogen and oxygen atoms in total. The number of carbonyl (C=O) groups is 2. The molecule has 2 unspecified atom stereocenters. The Kier molecular flexibility index (Phi) is 6.53. The Hall–Kier alpha value is -2.87. The number of rotatable bonds is 7. The zero-order chi connectivity index (χ0) is 18.2. The molecule has 0 N–H and O–H groups in total. The summed E-state index contributed by atoms with van der Waals surface area (Å²) in [5, 5.41) is 11.5. The molecule has 2 aromatic rings. The molecule has 0 radical (unpaired) electrons. The maximum Gasteiger partial charge on any atom is 0.323 e. The second-order valence-electron chi connectivity index (χ2n) is 5.58. The maximum atomic E-state index is 12.2. The van der Waals surface area contributed by atoms with Gasteiger partial charge in [-0.05, 0) is 30.2 Å². The number of ether oxygens (including phenoxy) is 2. The Morgan fingerprint density at radius 2 is 1.72 bits per heavy atom. The van der Waals surface area contributed by atoms with E-state index in [-0.39, 0.29) is 19.6 Å². The van der Waals surface area contributed by atoms with E-state index in [4.69, 9.17) is 9.47 Å². The van der Waals surface area contributed by atoms with Crippen LogP contribution in [0.4, 0.5) is 0 Å². The SMILES string of the molecule is CCOC(=O)CC(c1ccc2ccccc2c1)C(C#N)C(=O)OCC. The highest BCUT2D eigenvalue weighted by molar-refractivity contribution is 5.84. The van der Waals surface area contributed by atoms with E-state index in [1.165, 1.54) is 0 Å². The van der Waals surface area contributed by atoms with Crippen molar-refractivity contribution in [1.82, 2.24) is 0 Å². The van der Waals surface area contributed by atoms with Gasteiger partial charge in [-0.15, -0.1) is 0 Å². The highest BCUT2D eigenvalue weighted by atomic mass is 16.5. The molecule has 0 saturated heterocycles. The number of hydrogen-bond acceptors (Lipinski definition) is 5. The van der Waals surface area contributed by atoms with Crippen LogP contribution in [0.5, 0.6) is 0 Å². The summed E-state index contributed by atoms with van der Waals surface area (Å²) in [6, 6.07) is 15.5. The number of benzene rings is 2. The lowest BCUT2D eigenvalue weighted by Crippen LogP contribution is -2.26. The predicted molar refractivity (Wildman–Crippen MR) is 93.7 cm³/mol. The summed E-state index contributed by atoms with van der Waals surface area (Å²) < 4.78 is 10.0. The smallest absolute Gasteiger partial charge is 0.323 e. The zero-order valence-electron chi connectivity index (χ0n) is 14.4. The van der Waals surface area contributed by atoms with Gasteiger partial charge in [-0.25, -0.2) is 0 Å². The number of nitriles is 1. The van der Waals surface area contributed by atoms with Crippen LogP contribution in [0, 0.1) is 17.2 Å². The highest BCUT2D eigenvalue weighted by Gasteiger charge is 2.33. The quantitative estimate of drug-likeness (QED) is 0.721. The number of carbonyl (C=O) groups excluding carboxylic acids is 2. The van der Waals surface area contributed by atoms with E-state index in [2.05, 4.69) is 0 Å². The minimum Gasteiger partial charge on any atom is -0.466 e. The normalized spacial score (nSPS) is 12.8. The molecule has 5 heteroatoms. The summed E-state index contributed by atoms with van der Waals surface area (Å²) in [7, 11) is 0. The molecule has 0 aromatic heterocycles. The van der Waals surface area contributed by atoms with Crippen LogP contribution in [0.15, 0.2) is 42.5 Å². The van der Waals surface area contributed by atoms with Crippen molar-refractivity contribution in [3.05, 3.63) is 48.0 Å². The zero-order valence-corrected chi connectivity index (χ0v) is 14.4. The number of hydrogen-bond donors (Lipinski definition) is 0. The van der Waals surface area contributed by atoms with E-state index in [0.717, 1.165) is 16.3 Å². The molecule has 0 spiro atoms. The van der Waals surface area contributed by atoms with E-state index < -0.39 is 23.8 Å². The Labute approximate surface area is 147 Å². The second kappa shape index (κ2) is 8.84. The largest absolute Gasteiger partial charge is 0.466 e. The molecule has 2 atom stereocenters. The monoisotopic (exact) mass is 339 g/mol. The van der Waals surface area contributed by atoms with Crippen LogP contribution >= 0.6 is 0 Å². The van der Waals surface area contributed by atoms with Crippen molar-refractivity contribution >= 4 is 22.7 Å². The summed E-state index contributed by atoms with van der Waals surface area (Å²) in [5.41, 5.74) is 0.742. The molecule has 2 rings (SSSR count). The molecule has 0 bridgehead atoms. The van der Waals surface area contributed by atoms with Gasteiger partial charge in [0.25, 0.3) is 0 Å². The van der Waals surface area contributed by atoms with Gasteiger partial charge in [0.15, 0.2) is 5.92 Å². The summed E-state index contributed by atoms with van der Waals surface area (Å²) >= 11 is 0. The van der Waals surface area contributed by atoms with Crippen molar-refractivity contribution in [2.24, 2.45) is 5.92 Å². The Balaban J connectivity index is 2.42. The Bertz CT molecular complexity index is 794. The number of nitrogens with zero attached hydrogens (tertiary/aromatic N) is 1. The lowest BCUT2D eigenvalue weighted by Gasteiger charge is -2.21. The van der Waals surface area contributed by atoms with E-state index in [9.17, 15) is 14.9 Å². The van der Waals surface area contributed by atoms with Gasteiger partial charge in [0, 0.05) is 5.92 Å². The lowest BCUT2D eigenvalue weighted by atomic mass is 9.83. The van der Waals surface area contributed by atoms with Gasteiger partial charge in [-0.3, -0.25) is 9.59 Å². The predicted octanol–water partition coefficient (Wildman–Crippen LogP) is 3.58. The minimum absolute atomic E-state index is 0.0524. The third-order valence-electron chi connectivity index (χ3n) is 3.98. The van der Waals surface area contributed by atoms with Crippen LogP contribution in [0.1, 0.15) is 31.7 Å². The van der Waals surface area contributed by atoms with Gasteiger partial charge in [-0.2, -0.15) is 5.26 Å². The highest BCUT2D eigenvalue weighted by Crippen LogP contribution is 2.31. The fraction of sp³-hybridized carbons (Fsp3) is 0.350. The third kappa shape index (κ3) is 4.57. The van der Waals surface area contributed by atoms with Crippen LogP contribution in [-0.2, 0) is 19.1 Å². The van der Waals surface area contributed by atoms with E-state index in [1.54, 1.807) is 13.8 Å². The van der Waals surface area contributed by atoms with Crippen molar-refractivity contribution in [3.8, 4) is 6.07 Å². The first kappa shape index (κ1) is 18.5. The molecule has 0 aliphatic heterocycles. The first-order valence-electron chi connectivity index (χ1n) is 8.31. The molecule has 0 aliphatic rings. The van der Waals surface area contributed by atoms with Gasteiger partial charge < -0.3 is 9.47 Å². The molecule has 2 aromatic carbocycles.